The fourth-order valence-corrected chi connectivity index (χ4v) is 4.69. The maximum Gasteiger partial charge on any atom is 0.274 e. The van der Waals surface area contributed by atoms with Crippen molar-refractivity contribution in [1.29, 1.82) is 0 Å². The van der Waals surface area contributed by atoms with Gasteiger partial charge >= 0.3 is 0 Å². The zero-order valence-corrected chi connectivity index (χ0v) is 21.5. The molecule has 2 aromatic carbocycles. The maximum atomic E-state index is 13.0. The Morgan fingerprint density at radius 1 is 0.972 bits per heavy atom. The lowest BCUT2D eigenvalue weighted by Gasteiger charge is -2.35. The van der Waals surface area contributed by atoms with Gasteiger partial charge in [-0.15, -0.1) is 0 Å². The number of benzene rings is 2. The summed E-state index contributed by atoms with van der Waals surface area (Å²) in [4.78, 5) is 34.9. The Kier molecular flexibility index (Phi) is 7.02. The number of hydrogen-bond donors (Lipinski definition) is 2. The second-order valence-corrected chi connectivity index (χ2v) is 9.68. The summed E-state index contributed by atoms with van der Waals surface area (Å²) in [5, 5.41) is 5.93. The first-order valence-electron chi connectivity index (χ1n) is 11.8. The van der Waals surface area contributed by atoms with Crippen molar-refractivity contribution in [3.8, 4) is 0 Å². The molecule has 5 rings (SSSR count). The van der Waals surface area contributed by atoms with Crippen LogP contribution in [0.15, 0.2) is 77.5 Å². The van der Waals surface area contributed by atoms with E-state index < -0.39 is 0 Å². The number of likely N-dealkylation sites (N-methyl/N-ethyl adjacent to an activating group) is 1. The third-order valence-electron chi connectivity index (χ3n) is 6.40. The first-order chi connectivity index (χ1) is 17.5. The van der Waals surface area contributed by atoms with Gasteiger partial charge in [0.2, 0.25) is 0 Å². The Hall–Kier alpha value is -3.69. The van der Waals surface area contributed by atoms with Crippen molar-refractivity contribution in [2.75, 3.05) is 43.4 Å². The Morgan fingerprint density at radius 2 is 1.75 bits per heavy atom. The Morgan fingerprint density at radius 3 is 2.58 bits per heavy atom. The van der Waals surface area contributed by atoms with E-state index in [1.54, 1.807) is 28.8 Å². The van der Waals surface area contributed by atoms with E-state index in [0.29, 0.717) is 33.6 Å². The number of carbonyl (C=O) groups excluding carboxylic acids is 2. The Labute approximate surface area is 218 Å². The van der Waals surface area contributed by atoms with Crippen molar-refractivity contribution >= 4 is 44.8 Å². The monoisotopic (exact) mass is 546 g/mol. The number of anilines is 2. The molecule has 184 valence electrons. The van der Waals surface area contributed by atoms with E-state index in [4.69, 9.17) is 0 Å². The van der Waals surface area contributed by atoms with Crippen LogP contribution in [0.3, 0.4) is 0 Å². The lowest BCUT2D eigenvalue weighted by atomic mass is 10.1. The predicted molar refractivity (Wildman–Crippen MR) is 145 cm³/mol. The van der Waals surface area contributed by atoms with Gasteiger partial charge in [0.05, 0.1) is 11.9 Å². The Balaban J connectivity index is 1.28. The number of hydrogen-bond acceptors (Lipinski definition) is 5. The highest BCUT2D eigenvalue weighted by molar-refractivity contribution is 9.10. The average molecular weight is 547 g/mol. The van der Waals surface area contributed by atoms with Crippen molar-refractivity contribution in [1.82, 2.24) is 19.6 Å². The minimum Gasteiger partial charge on any atom is -0.369 e. The number of halogens is 1. The van der Waals surface area contributed by atoms with E-state index in [0.717, 1.165) is 37.4 Å². The molecule has 1 fully saturated rings. The van der Waals surface area contributed by atoms with Crippen LogP contribution in [0.2, 0.25) is 0 Å². The van der Waals surface area contributed by atoms with Gasteiger partial charge in [-0.1, -0.05) is 24.3 Å². The van der Waals surface area contributed by atoms with Crippen LogP contribution in [0, 0.1) is 0 Å². The number of imidazole rings is 1. The number of para-hydroxylation sites is 1. The highest BCUT2D eigenvalue weighted by Gasteiger charge is 2.18. The number of aromatic nitrogens is 2. The molecule has 4 aromatic rings. The van der Waals surface area contributed by atoms with E-state index in [1.807, 2.05) is 30.3 Å². The predicted octanol–water partition coefficient (Wildman–Crippen LogP) is 4.03. The zero-order chi connectivity index (χ0) is 25.1. The van der Waals surface area contributed by atoms with Crippen LogP contribution in [-0.2, 0) is 6.54 Å². The molecule has 0 atom stereocenters. The van der Waals surface area contributed by atoms with Crippen LogP contribution in [-0.4, -0.2) is 59.3 Å². The van der Waals surface area contributed by atoms with E-state index in [9.17, 15) is 9.59 Å². The molecule has 1 aliphatic heterocycles. The van der Waals surface area contributed by atoms with Crippen LogP contribution in [0.4, 0.5) is 11.4 Å². The number of carbonyl (C=O) groups is 2. The molecule has 1 aliphatic rings. The van der Waals surface area contributed by atoms with Gasteiger partial charge < -0.3 is 20.4 Å². The first kappa shape index (κ1) is 24.0. The molecular formula is C27H27BrN6O2. The smallest absolute Gasteiger partial charge is 0.274 e. The number of pyridine rings is 1. The lowest BCUT2D eigenvalue weighted by Crippen LogP contribution is -2.45. The molecule has 2 amide bonds. The second kappa shape index (κ2) is 10.5. The van der Waals surface area contributed by atoms with Gasteiger partial charge in [-0.05, 0) is 64.9 Å². The minimum absolute atomic E-state index is 0.207. The number of nitrogens with zero attached hydrogens (tertiary/aromatic N) is 4. The van der Waals surface area contributed by atoms with Crippen LogP contribution < -0.4 is 15.5 Å². The van der Waals surface area contributed by atoms with Crippen LogP contribution in [0.1, 0.15) is 26.4 Å². The fraction of sp³-hybridized carbons (Fsp3) is 0.222. The summed E-state index contributed by atoms with van der Waals surface area (Å²) in [6.45, 7) is 4.38. The summed E-state index contributed by atoms with van der Waals surface area (Å²) in [5.74, 6) is -0.519. The van der Waals surface area contributed by atoms with Gasteiger partial charge in [-0.2, -0.15) is 0 Å². The molecule has 0 spiro atoms. The van der Waals surface area contributed by atoms with E-state index in [1.165, 1.54) is 6.20 Å². The summed E-state index contributed by atoms with van der Waals surface area (Å²) in [6.07, 6.45) is 3.32. The van der Waals surface area contributed by atoms with Crippen molar-refractivity contribution in [3.05, 3.63) is 94.4 Å². The quantitative estimate of drug-likeness (QED) is 0.381. The largest absolute Gasteiger partial charge is 0.369 e. The summed E-state index contributed by atoms with van der Waals surface area (Å²) < 4.78 is 2.40. The molecule has 2 aromatic heterocycles. The first-order valence-corrected chi connectivity index (χ1v) is 12.6. The van der Waals surface area contributed by atoms with Gasteiger partial charge in [0, 0.05) is 54.6 Å². The summed E-state index contributed by atoms with van der Waals surface area (Å²) in [7, 11) is 2.14. The van der Waals surface area contributed by atoms with Crippen molar-refractivity contribution in [3.63, 3.8) is 0 Å². The molecular weight excluding hydrogens is 520 g/mol. The SMILES string of the molecule is CN1CCN(c2ccccc2CNC(=O)c2ccc(Br)c(NC(=O)c3cnc4ccccn34)c2)CC1. The molecule has 0 bridgehead atoms. The Bertz CT molecular complexity index is 1410. The van der Waals surface area contributed by atoms with Crippen LogP contribution in [0.25, 0.3) is 5.65 Å². The van der Waals surface area contributed by atoms with Gasteiger partial charge in [-0.25, -0.2) is 4.98 Å². The molecule has 1 saturated heterocycles. The molecule has 0 unspecified atom stereocenters. The standard InChI is InChI=1S/C27H27BrN6O2/c1-32-12-14-33(15-13-32)23-7-3-2-6-20(23)17-30-26(35)19-9-10-21(28)22(16-19)31-27(36)24-18-29-25-8-4-5-11-34(24)25/h2-11,16,18H,12-15,17H2,1H3,(H,30,35)(H,31,36). The number of fused-ring (bicyclic) bond motifs is 1. The summed E-state index contributed by atoms with van der Waals surface area (Å²) in [5.41, 5.74) is 4.30. The molecule has 0 radical (unpaired) electrons. The van der Waals surface area contributed by atoms with E-state index >= 15 is 0 Å². The van der Waals surface area contributed by atoms with E-state index in [-0.39, 0.29) is 11.8 Å². The molecule has 36 heavy (non-hydrogen) atoms. The second-order valence-electron chi connectivity index (χ2n) is 8.82. The van der Waals surface area contributed by atoms with Gasteiger partial charge in [0.1, 0.15) is 11.3 Å². The van der Waals surface area contributed by atoms with Crippen LogP contribution in [0.5, 0.6) is 0 Å². The summed E-state index contributed by atoms with van der Waals surface area (Å²) >= 11 is 3.48. The zero-order valence-electron chi connectivity index (χ0n) is 19.9. The van der Waals surface area contributed by atoms with Crippen molar-refractivity contribution in [2.45, 2.75) is 6.54 Å². The molecule has 8 nitrogen and oxygen atoms in total. The maximum absolute atomic E-state index is 13.0. The van der Waals surface area contributed by atoms with E-state index in [2.05, 4.69) is 60.5 Å². The van der Waals surface area contributed by atoms with Gasteiger partial charge in [0.25, 0.3) is 11.8 Å². The van der Waals surface area contributed by atoms with Crippen molar-refractivity contribution < 1.29 is 9.59 Å². The topological polar surface area (TPSA) is 82.0 Å². The van der Waals surface area contributed by atoms with Crippen molar-refractivity contribution in [2.24, 2.45) is 0 Å². The number of amides is 2. The highest BCUT2D eigenvalue weighted by atomic mass is 79.9. The van der Waals surface area contributed by atoms with Gasteiger partial charge in [-0.3, -0.25) is 14.0 Å². The number of nitrogens with one attached hydrogen (secondary N) is 2. The normalized spacial score (nSPS) is 14.1. The highest BCUT2D eigenvalue weighted by Crippen LogP contribution is 2.25. The number of rotatable bonds is 6. The minimum atomic E-state index is -0.312. The molecule has 0 saturated carbocycles. The molecule has 2 N–H and O–H groups in total. The number of piperazine rings is 1. The molecule has 0 aliphatic carbocycles. The van der Waals surface area contributed by atoms with Crippen LogP contribution >= 0.6 is 15.9 Å². The third-order valence-corrected chi connectivity index (χ3v) is 7.09. The molecule has 3 heterocycles. The fourth-order valence-electron chi connectivity index (χ4n) is 4.34. The average Bonchev–Trinajstić information content (AvgIpc) is 3.34. The third kappa shape index (κ3) is 5.12. The lowest BCUT2D eigenvalue weighted by molar-refractivity contribution is 0.0949. The van der Waals surface area contributed by atoms with Gasteiger partial charge in [0.15, 0.2) is 0 Å². The summed E-state index contributed by atoms with van der Waals surface area (Å²) in [6, 6.07) is 18.9. The molecule has 9 heteroatoms.